The van der Waals surface area contributed by atoms with Crippen LogP contribution in [0.15, 0.2) is 84.9 Å². The number of amides is 4. The number of nitrogens with zero attached hydrogens (tertiary/aromatic N) is 2. The molecule has 1 saturated heterocycles. The fourth-order valence-electron chi connectivity index (χ4n) is 5.52. The van der Waals surface area contributed by atoms with E-state index in [0.717, 1.165) is 23.3 Å². The van der Waals surface area contributed by atoms with Crippen molar-refractivity contribution in [3.05, 3.63) is 102 Å². The van der Waals surface area contributed by atoms with Crippen molar-refractivity contribution < 1.29 is 27.6 Å². The number of carbonyl (C=O) groups excluding carboxylic acids is 3. The highest BCUT2D eigenvalue weighted by Gasteiger charge is 2.45. The summed E-state index contributed by atoms with van der Waals surface area (Å²) in [7, 11) is 0. The first-order chi connectivity index (χ1) is 19.8. The van der Waals surface area contributed by atoms with Gasteiger partial charge in [0.05, 0.1) is 17.1 Å². The number of rotatable bonds is 5. The van der Waals surface area contributed by atoms with Gasteiger partial charge in [-0.3, -0.25) is 9.59 Å². The normalized spacial score (nSPS) is 19.5. The molecule has 3 aromatic carbocycles. The molecule has 3 unspecified atom stereocenters. The van der Waals surface area contributed by atoms with Crippen LogP contribution in [0.4, 0.5) is 23.7 Å². The third-order valence-electron chi connectivity index (χ3n) is 7.20. The van der Waals surface area contributed by atoms with Crippen LogP contribution in [-0.2, 0) is 15.8 Å². The van der Waals surface area contributed by atoms with Crippen LogP contribution in [0.5, 0.6) is 0 Å². The number of anilines is 1. The molecule has 3 atom stereocenters. The van der Waals surface area contributed by atoms with Gasteiger partial charge in [-0.25, -0.2) is 14.8 Å². The number of hydrogen-bond acceptors (Lipinski definition) is 3. The van der Waals surface area contributed by atoms with Crippen LogP contribution in [0.3, 0.4) is 0 Å². The maximum absolute atomic E-state index is 14.4. The average molecular weight is 581 g/mol. The highest BCUT2D eigenvalue weighted by molar-refractivity contribution is 5.94. The molecule has 42 heavy (non-hydrogen) atoms. The van der Waals surface area contributed by atoms with E-state index < -0.39 is 41.3 Å². The number of hydrazine groups is 1. The lowest BCUT2D eigenvalue weighted by Crippen LogP contribution is -2.61. The maximum Gasteiger partial charge on any atom is 0.416 e. The summed E-state index contributed by atoms with van der Waals surface area (Å²) in [6, 6.07) is 20.8. The van der Waals surface area contributed by atoms with Crippen molar-refractivity contribution in [2.24, 2.45) is 0 Å². The van der Waals surface area contributed by atoms with Crippen molar-refractivity contribution in [1.82, 2.24) is 15.3 Å². The second-order valence-electron chi connectivity index (χ2n) is 11.4. The highest BCUT2D eigenvalue weighted by Crippen LogP contribution is 2.41. The lowest BCUT2D eigenvalue weighted by atomic mass is 9.86. The van der Waals surface area contributed by atoms with Crippen molar-refractivity contribution in [3.8, 4) is 0 Å². The van der Waals surface area contributed by atoms with Gasteiger partial charge in [0.1, 0.15) is 6.04 Å². The van der Waals surface area contributed by atoms with E-state index in [2.05, 4.69) is 10.6 Å². The van der Waals surface area contributed by atoms with Crippen molar-refractivity contribution in [2.45, 2.75) is 70.3 Å². The third kappa shape index (κ3) is 7.10. The Morgan fingerprint density at radius 2 is 1.45 bits per heavy atom. The number of hydrogen-bond donors (Lipinski definition) is 2. The molecule has 10 heteroatoms. The second-order valence-corrected chi connectivity index (χ2v) is 11.4. The molecule has 0 aliphatic carbocycles. The Morgan fingerprint density at radius 1 is 0.857 bits per heavy atom. The van der Waals surface area contributed by atoms with Gasteiger partial charge < -0.3 is 10.6 Å². The van der Waals surface area contributed by atoms with E-state index in [-0.39, 0.29) is 23.9 Å². The Balaban J connectivity index is 1.75. The van der Waals surface area contributed by atoms with Crippen molar-refractivity contribution in [1.29, 1.82) is 0 Å². The zero-order chi connectivity index (χ0) is 30.7. The predicted octanol–water partition coefficient (Wildman–Crippen LogP) is 6.91. The fourth-order valence-corrected chi connectivity index (χ4v) is 5.52. The highest BCUT2D eigenvalue weighted by atomic mass is 19.4. The smallest absolute Gasteiger partial charge is 0.326 e. The molecule has 0 radical (unpaired) electrons. The zero-order valence-electron chi connectivity index (χ0n) is 24.0. The van der Waals surface area contributed by atoms with Crippen LogP contribution in [0.25, 0.3) is 0 Å². The molecule has 0 saturated carbocycles. The van der Waals surface area contributed by atoms with E-state index in [1.54, 1.807) is 0 Å². The van der Waals surface area contributed by atoms with Gasteiger partial charge >= 0.3 is 12.2 Å². The minimum Gasteiger partial charge on any atom is -0.326 e. The molecule has 0 spiro atoms. The summed E-state index contributed by atoms with van der Waals surface area (Å²) in [4.78, 5) is 40.7. The van der Waals surface area contributed by atoms with Gasteiger partial charge in [-0.2, -0.15) is 13.2 Å². The molecule has 7 nitrogen and oxygen atoms in total. The Kier molecular flexibility index (Phi) is 8.94. The molecular weight excluding hydrogens is 545 g/mol. The van der Waals surface area contributed by atoms with Crippen molar-refractivity contribution >= 4 is 23.5 Å². The Morgan fingerprint density at radius 3 is 2.00 bits per heavy atom. The lowest BCUT2D eigenvalue weighted by molar-refractivity contribution is -0.181. The van der Waals surface area contributed by atoms with Gasteiger partial charge in [-0.1, -0.05) is 66.7 Å². The van der Waals surface area contributed by atoms with Crippen molar-refractivity contribution in [2.75, 3.05) is 5.32 Å². The summed E-state index contributed by atoms with van der Waals surface area (Å²) < 4.78 is 39.7. The summed E-state index contributed by atoms with van der Waals surface area (Å²) in [5, 5.41) is 8.02. The van der Waals surface area contributed by atoms with E-state index >= 15 is 0 Å². The van der Waals surface area contributed by atoms with Gasteiger partial charge in [0.25, 0.3) is 5.91 Å². The quantitative estimate of drug-likeness (QED) is 0.344. The standard InChI is InChI=1S/C32H35F3N4O3/c1-21(40)39(31(2,3)4)38-28(23-14-9-6-10-15-23)19-24(22-12-7-5-8-13-22)18-27(29(38)41)37-30(42)36-26-17-11-16-25(20-26)32(33,34)35/h5-17,20,24,27-28H,18-19H2,1-4H3,(H2,36,37,42). The topological polar surface area (TPSA) is 81.8 Å². The Bertz CT molecular complexity index is 1410. The summed E-state index contributed by atoms with van der Waals surface area (Å²) in [6.45, 7) is 6.87. The van der Waals surface area contributed by atoms with E-state index in [1.165, 1.54) is 29.1 Å². The van der Waals surface area contributed by atoms with Gasteiger partial charge in [0, 0.05) is 12.6 Å². The number of alkyl halides is 3. The monoisotopic (exact) mass is 580 g/mol. The first-order valence-electron chi connectivity index (χ1n) is 13.7. The second kappa shape index (κ2) is 12.3. The van der Waals surface area contributed by atoms with Crippen LogP contribution < -0.4 is 10.6 Å². The minimum absolute atomic E-state index is 0.0675. The zero-order valence-corrected chi connectivity index (χ0v) is 24.0. The molecule has 222 valence electrons. The molecule has 0 bridgehead atoms. The Labute approximate surface area is 243 Å². The first kappa shape index (κ1) is 30.6. The SMILES string of the molecule is CC(=O)N(N1C(=O)C(NC(=O)Nc2cccc(C(F)(F)F)c2)CC(c2ccccc2)CC1c1ccccc1)C(C)(C)C. The van der Waals surface area contributed by atoms with Crippen LogP contribution in [0.1, 0.15) is 69.2 Å². The molecule has 2 N–H and O–H groups in total. The third-order valence-corrected chi connectivity index (χ3v) is 7.20. The number of urea groups is 1. The fraction of sp³-hybridized carbons (Fsp3) is 0.344. The molecule has 1 aliphatic rings. The first-order valence-corrected chi connectivity index (χ1v) is 13.7. The molecule has 1 heterocycles. The summed E-state index contributed by atoms with van der Waals surface area (Å²) in [5.74, 6) is -1.04. The summed E-state index contributed by atoms with van der Waals surface area (Å²) in [6.07, 6.45) is -3.90. The largest absolute Gasteiger partial charge is 0.416 e. The molecule has 1 aliphatic heterocycles. The van der Waals surface area contributed by atoms with Crippen LogP contribution >= 0.6 is 0 Å². The molecule has 4 amide bonds. The van der Waals surface area contributed by atoms with E-state index in [1.807, 2.05) is 81.4 Å². The maximum atomic E-state index is 14.4. The van der Waals surface area contributed by atoms with Crippen LogP contribution in [-0.4, -0.2) is 39.4 Å². The summed E-state index contributed by atoms with van der Waals surface area (Å²) in [5.41, 5.74) is 0.0299. The number of halogens is 3. The van der Waals surface area contributed by atoms with Crippen LogP contribution in [0.2, 0.25) is 0 Å². The Hall–Kier alpha value is -4.34. The average Bonchev–Trinajstić information content (AvgIpc) is 3.05. The number of nitrogens with one attached hydrogen (secondary N) is 2. The predicted molar refractivity (Wildman–Crippen MR) is 154 cm³/mol. The van der Waals surface area contributed by atoms with Crippen LogP contribution in [0, 0.1) is 0 Å². The van der Waals surface area contributed by atoms with Gasteiger partial charge in [-0.05, 0) is 68.9 Å². The van der Waals surface area contributed by atoms with Gasteiger partial charge in [0.15, 0.2) is 0 Å². The molecular formula is C32H35F3N4O3. The van der Waals surface area contributed by atoms with Crippen molar-refractivity contribution in [3.63, 3.8) is 0 Å². The molecule has 0 aromatic heterocycles. The molecule has 4 rings (SSSR count). The molecule has 3 aromatic rings. The number of carbonyl (C=O) groups is 3. The van der Waals surface area contributed by atoms with E-state index in [9.17, 15) is 27.6 Å². The van der Waals surface area contributed by atoms with E-state index in [0.29, 0.717) is 6.42 Å². The minimum atomic E-state index is -4.58. The molecule has 1 fully saturated rings. The van der Waals surface area contributed by atoms with Gasteiger partial charge in [-0.15, -0.1) is 0 Å². The number of benzene rings is 3. The summed E-state index contributed by atoms with van der Waals surface area (Å²) >= 11 is 0. The van der Waals surface area contributed by atoms with Gasteiger partial charge in [0.2, 0.25) is 5.91 Å². The lowest BCUT2D eigenvalue weighted by Gasteiger charge is -2.47. The van der Waals surface area contributed by atoms with E-state index in [4.69, 9.17) is 0 Å².